The molecule has 0 atom stereocenters. The number of hydrogen-bond acceptors (Lipinski definition) is 8. The zero-order valence-corrected chi connectivity index (χ0v) is 19.2. The summed E-state index contributed by atoms with van der Waals surface area (Å²) in [6.07, 6.45) is 4.98. The minimum atomic E-state index is -0.638. The molecule has 0 spiro atoms. The van der Waals surface area contributed by atoms with Crippen molar-refractivity contribution in [1.29, 1.82) is 0 Å². The number of anilines is 1. The highest BCUT2D eigenvalue weighted by molar-refractivity contribution is 5.96. The Hall–Kier alpha value is -4.47. The first kappa shape index (κ1) is 22.3. The Balaban J connectivity index is 1.26. The van der Waals surface area contributed by atoms with Gasteiger partial charge >= 0.3 is 5.97 Å². The van der Waals surface area contributed by atoms with Gasteiger partial charge in [-0.05, 0) is 37.3 Å². The van der Waals surface area contributed by atoms with E-state index in [9.17, 15) is 9.59 Å². The number of nitrogens with zero attached hydrogens (tertiary/aromatic N) is 6. The first-order valence-electron chi connectivity index (χ1n) is 11.3. The van der Waals surface area contributed by atoms with Crippen molar-refractivity contribution in [2.75, 3.05) is 37.7 Å². The zero-order chi connectivity index (χ0) is 24.2. The minimum absolute atomic E-state index is 0.224. The third kappa shape index (κ3) is 4.91. The fraction of sp³-hybridized carbons (Fsp3) is 0.240. The lowest BCUT2D eigenvalue weighted by molar-refractivity contribution is -0.134. The highest BCUT2D eigenvalue weighted by atomic mass is 16.5. The topological polar surface area (TPSA) is 107 Å². The van der Waals surface area contributed by atoms with Crippen molar-refractivity contribution in [2.45, 2.75) is 6.92 Å². The maximum absolute atomic E-state index is 13.0. The van der Waals surface area contributed by atoms with Gasteiger partial charge in [-0.3, -0.25) is 4.79 Å². The number of aryl methyl sites for hydroxylation is 1. The van der Waals surface area contributed by atoms with Gasteiger partial charge < -0.3 is 19.0 Å². The number of amides is 1. The molecule has 0 saturated carbocycles. The minimum Gasteiger partial charge on any atom is -0.460 e. The predicted molar refractivity (Wildman–Crippen MR) is 127 cm³/mol. The van der Waals surface area contributed by atoms with E-state index >= 15 is 0 Å². The van der Waals surface area contributed by atoms with E-state index in [0.717, 1.165) is 5.69 Å². The molecule has 5 rings (SSSR count). The van der Waals surface area contributed by atoms with E-state index in [4.69, 9.17) is 9.15 Å². The maximum Gasteiger partial charge on any atom is 0.342 e. The van der Waals surface area contributed by atoms with Crippen LogP contribution >= 0.6 is 0 Å². The van der Waals surface area contributed by atoms with Crippen LogP contribution in [0.25, 0.3) is 17.1 Å². The Morgan fingerprint density at radius 2 is 1.71 bits per heavy atom. The lowest BCUT2D eigenvalue weighted by Gasteiger charge is -2.34. The number of furan rings is 1. The van der Waals surface area contributed by atoms with Crippen molar-refractivity contribution < 1.29 is 18.7 Å². The van der Waals surface area contributed by atoms with E-state index in [0.29, 0.717) is 49.3 Å². The number of rotatable bonds is 6. The van der Waals surface area contributed by atoms with Crippen LogP contribution in [0, 0.1) is 6.92 Å². The predicted octanol–water partition coefficient (Wildman–Crippen LogP) is 2.74. The summed E-state index contributed by atoms with van der Waals surface area (Å²) in [4.78, 5) is 37.9. The molecule has 178 valence electrons. The van der Waals surface area contributed by atoms with Crippen LogP contribution in [0.5, 0.6) is 0 Å². The molecular formula is C25H24N6O4. The number of carbonyl (C=O) groups is 2. The molecule has 0 radical (unpaired) electrons. The fourth-order valence-electron chi connectivity index (χ4n) is 3.89. The lowest BCUT2D eigenvalue weighted by atomic mass is 10.2. The summed E-state index contributed by atoms with van der Waals surface area (Å²) in [5, 5.41) is 4.55. The van der Waals surface area contributed by atoms with Gasteiger partial charge in [0.15, 0.2) is 12.4 Å². The Morgan fingerprint density at radius 3 is 2.40 bits per heavy atom. The first-order valence-corrected chi connectivity index (χ1v) is 11.3. The van der Waals surface area contributed by atoms with E-state index in [1.807, 2.05) is 42.2 Å². The van der Waals surface area contributed by atoms with Crippen LogP contribution in [0.2, 0.25) is 0 Å². The van der Waals surface area contributed by atoms with E-state index < -0.39 is 5.97 Å². The van der Waals surface area contributed by atoms with Gasteiger partial charge in [0.1, 0.15) is 17.0 Å². The lowest BCUT2D eigenvalue weighted by Crippen LogP contribution is -2.50. The van der Waals surface area contributed by atoms with E-state index in [1.165, 1.54) is 0 Å². The fourth-order valence-corrected chi connectivity index (χ4v) is 3.89. The summed E-state index contributed by atoms with van der Waals surface area (Å²) >= 11 is 0. The highest BCUT2D eigenvalue weighted by Gasteiger charge is 2.26. The zero-order valence-electron chi connectivity index (χ0n) is 19.2. The van der Waals surface area contributed by atoms with Crippen LogP contribution in [0.3, 0.4) is 0 Å². The van der Waals surface area contributed by atoms with Crippen LogP contribution in [-0.2, 0) is 9.53 Å². The number of aromatic nitrogens is 4. The second-order valence-corrected chi connectivity index (χ2v) is 8.07. The molecule has 1 aromatic carbocycles. The molecule has 1 fully saturated rings. The maximum atomic E-state index is 13.0. The molecule has 1 saturated heterocycles. The summed E-state index contributed by atoms with van der Waals surface area (Å²) in [7, 11) is 0. The average molecular weight is 473 g/mol. The van der Waals surface area contributed by atoms with Gasteiger partial charge in [0.2, 0.25) is 5.95 Å². The molecule has 1 aliphatic heterocycles. The van der Waals surface area contributed by atoms with Gasteiger partial charge in [0, 0.05) is 44.8 Å². The SMILES string of the molecule is Cc1ccc(-c2nn(-c3ccccc3)cc2C(=O)OCC(=O)N2CCN(c3ncccn3)CC2)o1. The summed E-state index contributed by atoms with van der Waals surface area (Å²) in [6, 6.07) is 14.7. The number of para-hydroxylation sites is 1. The van der Waals surface area contributed by atoms with E-state index in [-0.39, 0.29) is 18.1 Å². The third-order valence-corrected chi connectivity index (χ3v) is 5.72. The van der Waals surface area contributed by atoms with E-state index in [1.54, 1.807) is 46.4 Å². The number of carbonyl (C=O) groups excluding carboxylic acids is 2. The van der Waals surface area contributed by atoms with Gasteiger partial charge in [0.05, 0.1) is 5.69 Å². The van der Waals surface area contributed by atoms with Crippen molar-refractivity contribution in [1.82, 2.24) is 24.6 Å². The Kier molecular flexibility index (Phi) is 6.25. The van der Waals surface area contributed by atoms with Gasteiger partial charge in [-0.15, -0.1) is 0 Å². The number of piperazine rings is 1. The summed E-state index contributed by atoms with van der Waals surface area (Å²) in [6.45, 7) is 3.67. The van der Waals surface area contributed by atoms with Crippen LogP contribution in [0.1, 0.15) is 16.1 Å². The molecule has 1 amide bonds. The van der Waals surface area contributed by atoms with Crippen LogP contribution in [-0.4, -0.2) is 69.3 Å². The Morgan fingerprint density at radius 1 is 0.971 bits per heavy atom. The second kappa shape index (κ2) is 9.80. The number of ether oxygens (including phenoxy) is 1. The largest absolute Gasteiger partial charge is 0.460 e. The Labute approximate surface area is 201 Å². The van der Waals surface area contributed by atoms with Crippen molar-refractivity contribution in [3.8, 4) is 17.1 Å². The van der Waals surface area contributed by atoms with Crippen molar-refractivity contribution in [3.05, 3.63) is 78.4 Å². The molecule has 1 aliphatic rings. The van der Waals surface area contributed by atoms with Crippen molar-refractivity contribution in [2.24, 2.45) is 0 Å². The standard InChI is InChI=1S/C25H24N6O4/c1-18-8-9-21(35-18)23-20(16-31(28-23)19-6-3-2-4-7-19)24(33)34-17-22(32)29-12-14-30(15-13-29)25-26-10-5-11-27-25/h2-11,16H,12-15,17H2,1H3. The molecule has 35 heavy (non-hydrogen) atoms. The monoisotopic (exact) mass is 472 g/mol. The summed E-state index contributed by atoms with van der Waals surface area (Å²) < 4.78 is 12.7. The summed E-state index contributed by atoms with van der Waals surface area (Å²) in [5.74, 6) is 0.902. The molecule has 4 aromatic rings. The molecule has 0 N–H and O–H groups in total. The Bertz CT molecular complexity index is 1310. The van der Waals surface area contributed by atoms with E-state index in [2.05, 4.69) is 15.1 Å². The van der Waals surface area contributed by atoms with Crippen molar-refractivity contribution >= 4 is 17.8 Å². The van der Waals surface area contributed by atoms with Gasteiger partial charge in [0.25, 0.3) is 5.91 Å². The molecule has 10 heteroatoms. The first-order chi connectivity index (χ1) is 17.1. The number of hydrogen-bond donors (Lipinski definition) is 0. The number of benzene rings is 1. The molecule has 0 unspecified atom stereocenters. The molecule has 0 aliphatic carbocycles. The quantitative estimate of drug-likeness (QED) is 0.395. The number of esters is 1. The van der Waals surface area contributed by atoms with Crippen molar-refractivity contribution in [3.63, 3.8) is 0 Å². The van der Waals surface area contributed by atoms with Gasteiger partial charge in [-0.1, -0.05) is 18.2 Å². The molecule has 3 aromatic heterocycles. The molecular weight excluding hydrogens is 448 g/mol. The third-order valence-electron chi connectivity index (χ3n) is 5.72. The second-order valence-electron chi connectivity index (χ2n) is 8.07. The normalized spacial score (nSPS) is 13.6. The molecule has 0 bridgehead atoms. The van der Waals surface area contributed by atoms with Gasteiger partial charge in [-0.2, -0.15) is 5.10 Å². The highest BCUT2D eigenvalue weighted by Crippen LogP contribution is 2.26. The van der Waals surface area contributed by atoms with Gasteiger partial charge in [-0.25, -0.2) is 19.4 Å². The smallest absolute Gasteiger partial charge is 0.342 e. The molecule has 10 nitrogen and oxygen atoms in total. The van der Waals surface area contributed by atoms with Crippen LogP contribution in [0.15, 0.2) is 71.5 Å². The summed E-state index contributed by atoms with van der Waals surface area (Å²) in [5.41, 5.74) is 1.37. The average Bonchev–Trinajstić information content (AvgIpc) is 3.55. The molecule has 4 heterocycles. The van der Waals surface area contributed by atoms with Crippen LogP contribution < -0.4 is 4.90 Å². The van der Waals surface area contributed by atoms with Crippen LogP contribution in [0.4, 0.5) is 5.95 Å².